The van der Waals surface area contributed by atoms with Crippen molar-refractivity contribution in [3.05, 3.63) is 40.7 Å². The summed E-state index contributed by atoms with van der Waals surface area (Å²) >= 11 is 0. The number of anilines is 1. The molecule has 1 aromatic carbocycles. The first-order valence-electron chi connectivity index (χ1n) is 10.6. The molecule has 3 aliphatic heterocycles. The average Bonchev–Trinajstić information content (AvgIpc) is 3.07. The van der Waals surface area contributed by atoms with Gasteiger partial charge in [-0.3, -0.25) is 9.79 Å². The lowest BCUT2D eigenvalue weighted by atomic mass is 9.73. The third-order valence-corrected chi connectivity index (χ3v) is 7.40. The van der Waals surface area contributed by atoms with E-state index in [-0.39, 0.29) is 5.41 Å². The molecule has 28 heavy (non-hydrogen) atoms. The number of likely N-dealkylation sites (tertiary alicyclic amines) is 1. The van der Waals surface area contributed by atoms with Gasteiger partial charge in [0.25, 0.3) is 0 Å². The van der Waals surface area contributed by atoms with Crippen LogP contribution in [0.15, 0.2) is 28.9 Å². The van der Waals surface area contributed by atoms with Crippen LogP contribution in [0, 0.1) is 0 Å². The Hall–Kier alpha value is -2.40. The highest BCUT2D eigenvalue weighted by atomic mass is 16.2. The molecule has 6 rings (SSSR count). The van der Waals surface area contributed by atoms with Gasteiger partial charge in [-0.05, 0) is 88.0 Å². The monoisotopic (exact) mass is 374 g/mol. The normalized spacial score (nSPS) is 23.1. The lowest BCUT2D eigenvalue weighted by molar-refractivity contribution is -0.124. The Bertz CT molecular complexity index is 1080. The van der Waals surface area contributed by atoms with Crippen LogP contribution in [0.5, 0.6) is 0 Å². The summed E-state index contributed by atoms with van der Waals surface area (Å²) in [5, 5.41) is 1.28. The van der Waals surface area contributed by atoms with Gasteiger partial charge in [-0.15, -0.1) is 0 Å². The standard InChI is InChI=1S/C23H26N4O/c1-3-27-19-11-16-15-6-4-5-14-13-24-20(14)21(15)25-18(16)12-17(19)23(22(27)28)7-9-26(2)10-8-23/h11-13,25H,3-10H2,1-2H3. The van der Waals surface area contributed by atoms with E-state index in [0.29, 0.717) is 5.91 Å². The summed E-state index contributed by atoms with van der Waals surface area (Å²) in [6, 6.07) is 4.59. The number of aromatic nitrogens is 1. The third kappa shape index (κ3) is 1.95. The number of amides is 1. The maximum Gasteiger partial charge on any atom is 0.237 e. The van der Waals surface area contributed by atoms with E-state index >= 15 is 0 Å². The number of nitrogens with one attached hydrogen (secondary N) is 1. The number of benzene rings is 1. The smallest absolute Gasteiger partial charge is 0.237 e. The number of hydrogen-bond acceptors (Lipinski definition) is 3. The van der Waals surface area contributed by atoms with Crippen molar-refractivity contribution >= 4 is 28.2 Å². The molecule has 0 radical (unpaired) electrons. The lowest BCUT2D eigenvalue weighted by Crippen LogP contribution is -2.47. The van der Waals surface area contributed by atoms with Gasteiger partial charge in [0.2, 0.25) is 5.91 Å². The Kier molecular flexibility index (Phi) is 3.29. The number of aromatic amines is 1. The van der Waals surface area contributed by atoms with Crippen LogP contribution in [0.1, 0.15) is 49.4 Å². The number of fused-ring (bicyclic) bond motifs is 7. The summed E-state index contributed by atoms with van der Waals surface area (Å²) in [5.41, 5.74) is 8.34. The van der Waals surface area contributed by atoms with E-state index in [2.05, 4.69) is 41.0 Å². The molecule has 1 fully saturated rings. The van der Waals surface area contributed by atoms with Crippen LogP contribution in [0.3, 0.4) is 0 Å². The van der Waals surface area contributed by atoms with Crippen molar-refractivity contribution in [1.29, 1.82) is 0 Å². The molecule has 1 saturated heterocycles. The molecule has 5 heteroatoms. The molecule has 144 valence electrons. The van der Waals surface area contributed by atoms with Gasteiger partial charge < -0.3 is 14.8 Å². The van der Waals surface area contributed by atoms with Gasteiger partial charge >= 0.3 is 0 Å². The number of rotatable bonds is 1. The lowest BCUT2D eigenvalue weighted by Gasteiger charge is -2.36. The summed E-state index contributed by atoms with van der Waals surface area (Å²) in [4.78, 5) is 26.1. The average molecular weight is 374 g/mol. The number of carbonyl (C=O) groups excluding carboxylic acids is 1. The first-order chi connectivity index (χ1) is 13.6. The molecule has 2 aromatic rings. The molecule has 0 saturated carbocycles. The number of allylic oxidation sites excluding steroid dienone is 1. The Morgan fingerprint density at radius 3 is 2.75 bits per heavy atom. The van der Waals surface area contributed by atoms with E-state index in [9.17, 15) is 4.79 Å². The van der Waals surface area contributed by atoms with Gasteiger partial charge in [-0.2, -0.15) is 0 Å². The van der Waals surface area contributed by atoms with Crippen molar-refractivity contribution in [2.75, 3.05) is 31.6 Å². The second-order valence-electron chi connectivity index (χ2n) is 8.81. The highest BCUT2D eigenvalue weighted by Gasteiger charge is 2.51. The fraction of sp³-hybridized carbons (Fsp3) is 0.478. The van der Waals surface area contributed by atoms with Gasteiger partial charge in [0.15, 0.2) is 0 Å². The Morgan fingerprint density at radius 1 is 1.21 bits per heavy atom. The van der Waals surface area contributed by atoms with E-state index < -0.39 is 0 Å². The highest BCUT2D eigenvalue weighted by Crippen LogP contribution is 2.50. The predicted molar refractivity (Wildman–Crippen MR) is 112 cm³/mol. The summed E-state index contributed by atoms with van der Waals surface area (Å²) in [7, 11) is 2.15. The fourth-order valence-corrected chi connectivity index (χ4v) is 5.72. The SMILES string of the molecule is CCN1C(=O)C2(CCN(C)CC2)c2cc3[nH]c4c(c3cc21)CCCC1=CN=C14. The quantitative estimate of drug-likeness (QED) is 0.830. The summed E-state index contributed by atoms with van der Waals surface area (Å²) in [5.74, 6) is 0.311. The molecule has 4 aliphatic rings. The Balaban J connectivity index is 1.56. The zero-order valence-corrected chi connectivity index (χ0v) is 16.6. The maximum absolute atomic E-state index is 13.5. The molecular formula is C23H26N4O. The number of piperidine rings is 1. The van der Waals surface area contributed by atoms with Crippen LogP contribution >= 0.6 is 0 Å². The van der Waals surface area contributed by atoms with Crippen molar-refractivity contribution < 1.29 is 4.79 Å². The number of likely N-dealkylation sites (N-methyl/N-ethyl adjacent to an activating group) is 1. The minimum atomic E-state index is -0.340. The Labute approximate surface area is 165 Å². The Morgan fingerprint density at radius 2 is 2.04 bits per heavy atom. The van der Waals surface area contributed by atoms with Gasteiger partial charge in [-0.1, -0.05) is 0 Å². The minimum absolute atomic E-state index is 0.311. The molecule has 1 aliphatic carbocycles. The molecular weight excluding hydrogens is 348 g/mol. The zero-order valence-electron chi connectivity index (χ0n) is 16.6. The van der Waals surface area contributed by atoms with Crippen LogP contribution in [-0.2, 0) is 16.6 Å². The number of hydrogen-bond donors (Lipinski definition) is 1. The number of nitrogens with zero attached hydrogens (tertiary/aromatic N) is 3. The highest BCUT2D eigenvalue weighted by molar-refractivity contribution is 6.19. The van der Waals surface area contributed by atoms with Gasteiger partial charge in [-0.25, -0.2) is 0 Å². The van der Waals surface area contributed by atoms with Crippen molar-refractivity contribution in [3.63, 3.8) is 0 Å². The first-order valence-corrected chi connectivity index (χ1v) is 10.6. The zero-order chi connectivity index (χ0) is 19.0. The van der Waals surface area contributed by atoms with Crippen LogP contribution in [0.2, 0.25) is 0 Å². The van der Waals surface area contributed by atoms with Crippen LogP contribution < -0.4 is 4.90 Å². The molecule has 5 nitrogen and oxygen atoms in total. The van der Waals surface area contributed by atoms with Crippen LogP contribution in [0.4, 0.5) is 5.69 Å². The molecule has 4 heterocycles. The fourth-order valence-electron chi connectivity index (χ4n) is 5.72. The molecule has 0 atom stereocenters. The molecule has 1 aromatic heterocycles. The van der Waals surface area contributed by atoms with Crippen LogP contribution in [-0.4, -0.2) is 48.2 Å². The second kappa shape index (κ2) is 5.57. The largest absolute Gasteiger partial charge is 0.353 e. The molecule has 1 amide bonds. The number of aryl methyl sites for hydroxylation is 1. The van der Waals surface area contributed by atoms with E-state index in [1.54, 1.807) is 0 Å². The van der Waals surface area contributed by atoms with E-state index in [4.69, 9.17) is 0 Å². The minimum Gasteiger partial charge on any atom is -0.353 e. The van der Waals surface area contributed by atoms with Gasteiger partial charge in [0, 0.05) is 29.3 Å². The number of aliphatic imine (C=N–C) groups is 1. The first kappa shape index (κ1) is 16.5. The van der Waals surface area contributed by atoms with Crippen LogP contribution in [0.25, 0.3) is 10.9 Å². The number of carbonyl (C=O) groups is 1. The third-order valence-electron chi connectivity index (χ3n) is 7.40. The molecule has 0 bridgehead atoms. The van der Waals surface area contributed by atoms with E-state index in [0.717, 1.165) is 63.1 Å². The van der Waals surface area contributed by atoms with Crippen molar-refractivity contribution in [3.8, 4) is 0 Å². The summed E-state index contributed by atoms with van der Waals surface area (Å²) in [6.07, 6.45) is 7.19. The second-order valence-corrected chi connectivity index (χ2v) is 8.81. The summed E-state index contributed by atoms with van der Waals surface area (Å²) < 4.78 is 0. The van der Waals surface area contributed by atoms with Gasteiger partial charge in [0.1, 0.15) is 0 Å². The van der Waals surface area contributed by atoms with E-state index in [1.807, 2.05) is 11.1 Å². The summed E-state index contributed by atoms with van der Waals surface area (Å²) in [6.45, 7) is 4.79. The molecule has 1 spiro atoms. The van der Waals surface area contributed by atoms with Gasteiger partial charge in [0.05, 0.1) is 16.8 Å². The van der Waals surface area contributed by atoms with Crippen molar-refractivity contribution in [2.45, 2.75) is 44.4 Å². The predicted octanol–water partition coefficient (Wildman–Crippen LogP) is 3.52. The molecule has 1 N–H and O–H groups in total. The number of H-pyrrole nitrogens is 1. The molecule has 0 unspecified atom stereocenters. The van der Waals surface area contributed by atoms with E-state index in [1.165, 1.54) is 33.3 Å². The van der Waals surface area contributed by atoms with Crippen molar-refractivity contribution in [2.24, 2.45) is 4.99 Å². The topological polar surface area (TPSA) is 51.7 Å². The maximum atomic E-state index is 13.5. The van der Waals surface area contributed by atoms with Crippen molar-refractivity contribution in [1.82, 2.24) is 9.88 Å².